The van der Waals surface area contributed by atoms with Crippen LogP contribution in [-0.2, 0) is 13.1 Å². The van der Waals surface area contributed by atoms with E-state index in [1.165, 1.54) is 38.1 Å². The molecular formula is C27H30F2N6O. The average Bonchev–Trinajstić information content (AvgIpc) is 3.52. The van der Waals surface area contributed by atoms with Crippen LogP contribution in [-0.4, -0.2) is 56.6 Å². The quantitative estimate of drug-likeness (QED) is 0.395. The fourth-order valence-electron chi connectivity index (χ4n) is 5.38. The minimum atomic E-state index is -0.621. The highest BCUT2D eigenvalue weighted by molar-refractivity contribution is 5.92. The van der Waals surface area contributed by atoms with Crippen molar-refractivity contribution in [1.82, 2.24) is 30.0 Å². The second-order valence-corrected chi connectivity index (χ2v) is 10.2. The van der Waals surface area contributed by atoms with E-state index in [1.54, 1.807) is 6.92 Å². The number of H-pyrrole nitrogens is 2. The van der Waals surface area contributed by atoms with Crippen LogP contribution in [0.25, 0.3) is 22.4 Å². The van der Waals surface area contributed by atoms with Crippen LogP contribution in [0, 0.1) is 17.6 Å². The van der Waals surface area contributed by atoms with Gasteiger partial charge in [-0.1, -0.05) is 0 Å². The van der Waals surface area contributed by atoms with Gasteiger partial charge in [0.1, 0.15) is 29.2 Å². The second kappa shape index (κ2) is 9.29. The number of likely N-dealkylation sites (tertiary alicyclic amines) is 1. The molecule has 36 heavy (non-hydrogen) atoms. The second-order valence-electron chi connectivity index (χ2n) is 10.2. The van der Waals surface area contributed by atoms with Crippen molar-refractivity contribution in [3.63, 3.8) is 0 Å². The van der Waals surface area contributed by atoms with Crippen molar-refractivity contribution in [2.75, 3.05) is 26.7 Å². The minimum absolute atomic E-state index is 0.437. The van der Waals surface area contributed by atoms with E-state index in [0.717, 1.165) is 65.4 Å². The number of halogens is 2. The highest BCUT2D eigenvalue weighted by Crippen LogP contribution is 2.33. The highest BCUT2D eigenvalue weighted by atomic mass is 19.1. The number of piperidine rings is 1. The number of benzene rings is 2. The van der Waals surface area contributed by atoms with Crippen molar-refractivity contribution in [3.05, 3.63) is 65.0 Å². The summed E-state index contributed by atoms with van der Waals surface area (Å²) >= 11 is 0. The molecule has 9 heteroatoms. The lowest BCUT2D eigenvalue weighted by molar-refractivity contribution is 0.159. The van der Waals surface area contributed by atoms with E-state index >= 15 is 0 Å². The molecule has 0 radical (unpaired) electrons. The Morgan fingerprint density at radius 1 is 1.08 bits per heavy atom. The molecule has 0 amide bonds. The van der Waals surface area contributed by atoms with Gasteiger partial charge in [0, 0.05) is 31.1 Å². The van der Waals surface area contributed by atoms with Gasteiger partial charge in [-0.2, -0.15) is 5.10 Å². The Bertz CT molecular complexity index is 1350. The summed E-state index contributed by atoms with van der Waals surface area (Å²) in [4.78, 5) is 13.3. The maximum absolute atomic E-state index is 13.6. The summed E-state index contributed by atoms with van der Waals surface area (Å²) in [6.07, 6.45) is 2.00. The lowest BCUT2D eigenvalue weighted by Crippen LogP contribution is -2.35. The third-order valence-electron chi connectivity index (χ3n) is 7.40. The van der Waals surface area contributed by atoms with Crippen LogP contribution in [0.3, 0.4) is 0 Å². The molecular weight excluding hydrogens is 462 g/mol. The zero-order chi connectivity index (χ0) is 24.8. The Morgan fingerprint density at radius 3 is 2.61 bits per heavy atom. The molecule has 0 bridgehead atoms. The van der Waals surface area contributed by atoms with E-state index in [0.29, 0.717) is 11.3 Å². The number of ether oxygens (including phenoxy) is 1. The molecule has 1 saturated heterocycles. The normalized spacial score (nSPS) is 18.1. The summed E-state index contributed by atoms with van der Waals surface area (Å²) in [5, 5.41) is 8.45. The van der Waals surface area contributed by atoms with E-state index in [-0.39, 0.29) is 0 Å². The zero-order valence-corrected chi connectivity index (χ0v) is 20.5. The number of aromatic amines is 2. The maximum atomic E-state index is 13.6. The molecule has 0 spiro atoms. The smallest absolute Gasteiger partial charge is 0.159 e. The number of imidazole rings is 1. The molecule has 1 atom stereocenters. The number of fused-ring (bicyclic) bond motifs is 2. The largest absolute Gasteiger partial charge is 0.486 e. The third kappa shape index (κ3) is 4.60. The van der Waals surface area contributed by atoms with E-state index < -0.39 is 17.7 Å². The molecule has 0 aliphatic carbocycles. The number of nitrogens with zero attached hydrogens (tertiary/aromatic N) is 4. The summed E-state index contributed by atoms with van der Waals surface area (Å²) in [7, 11) is 2.20. The van der Waals surface area contributed by atoms with E-state index in [2.05, 4.69) is 32.0 Å². The maximum Gasteiger partial charge on any atom is 0.159 e. The molecule has 2 aliphatic rings. The van der Waals surface area contributed by atoms with Crippen molar-refractivity contribution < 1.29 is 13.5 Å². The highest BCUT2D eigenvalue weighted by Gasteiger charge is 2.28. The van der Waals surface area contributed by atoms with Gasteiger partial charge in [0.15, 0.2) is 5.82 Å². The Kier molecular flexibility index (Phi) is 5.97. The summed E-state index contributed by atoms with van der Waals surface area (Å²) < 4.78 is 33.3. The van der Waals surface area contributed by atoms with Gasteiger partial charge in [-0.25, -0.2) is 13.8 Å². The summed E-state index contributed by atoms with van der Waals surface area (Å²) in [5.74, 6) is 0.838. The van der Waals surface area contributed by atoms with Crippen molar-refractivity contribution in [2.45, 2.75) is 39.0 Å². The number of aromatic nitrogens is 4. The number of nitrogens with one attached hydrogen (secondary N) is 2. The first kappa shape index (κ1) is 23.1. The minimum Gasteiger partial charge on any atom is -0.486 e. The van der Waals surface area contributed by atoms with Crippen molar-refractivity contribution in [1.29, 1.82) is 0 Å². The molecule has 2 N–H and O–H groups in total. The van der Waals surface area contributed by atoms with Gasteiger partial charge in [-0.05, 0) is 81.7 Å². The molecule has 0 saturated carbocycles. The first-order valence-corrected chi connectivity index (χ1v) is 12.5. The van der Waals surface area contributed by atoms with E-state index in [9.17, 15) is 8.78 Å². The predicted molar refractivity (Wildman–Crippen MR) is 133 cm³/mol. The van der Waals surface area contributed by atoms with Gasteiger partial charge in [-0.15, -0.1) is 0 Å². The molecule has 188 valence electrons. The predicted octanol–water partition coefficient (Wildman–Crippen LogP) is 5.03. The van der Waals surface area contributed by atoms with Crippen LogP contribution in [0.15, 0.2) is 36.4 Å². The fraction of sp³-hybridized carbons (Fsp3) is 0.407. The average molecular weight is 493 g/mol. The van der Waals surface area contributed by atoms with Gasteiger partial charge < -0.3 is 14.6 Å². The number of rotatable bonds is 6. The lowest BCUT2D eigenvalue weighted by Gasteiger charge is -2.31. The number of hydrogen-bond acceptors (Lipinski definition) is 5. The molecule has 7 nitrogen and oxygen atoms in total. The third-order valence-corrected chi connectivity index (χ3v) is 7.40. The Hall–Kier alpha value is -3.30. The Balaban J connectivity index is 1.17. The van der Waals surface area contributed by atoms with Gasteiger partial charge in [0.05, 0.1) is 16.9 Å². The van der Waals surface area contributed by atoms with E-state index in [4.69, 9.17) is 9.72 Å². The van der Waals surface area contributed by atoms with E-state index in [1.807, 2.05) is 18.2 Å². The molecule has 4 aromatic rings. The Morgan fingerprint density at radius 2 is 1.86 bits per heavy atom. The summed E-state index contributed by atoms with van der Waals surface area (Å²) in [5.41, 5.74) is 4.28. The standard InChI is InChI=1S/C27H30F2N6O/c1-16(18-9-19(28)11-20(29)10-18)36-21-3-4-23-22(12-21)26(33-32-23)27-30-24-14-35(15-25(24)31-27)13-17-5-7-34(2)8-6-17/h3-4,9-12,16-17H,5-8,13-15H2,1-2H3,(H,30,31)(H,32,33)/t16-/m0/s1. The first-order valence-electron chi connectivity index (χ1n) is 12.5. The monoisotopic (exact) mass is 492 g/mol. The molecule has 1 fully saturated rings. The molecule has 4 heterocycles. The van der Waals surface area contributed by atoms with Crippen LogP contribution < -0.4 is 4.74 Å². The van der Waals surface area contributed by atoms with Crippen LogP contribution in [0.5, 0.6) is 5.75 Å². The van der Waals surface area contributed by atoms with Crippen molar-refractivity contribution in [2.24, 2.45) is 5.92 Å². The molecule has 6 rings (SSSR count). The van der Waals surface area contributed by atoms with Gasteiger partial charge >= 0.3 is 0 Å². The van der Waals surface area contributed by atoms with Crippen molar-refractivity contribution in [3.8, 4) is 17.3 Å². The first-order chi connectivity index (χ1) is 17.4. The molecule has 0 unspecified atom stereocenters. The van der Waals surface area contributed by atoms with Crippen LogP contribution in [0.2, 0.25) is 0 Å². The Labute approximate surface area is 208 Å². The fourth-order valence-corrected chi connectivity index (χ4v) is 5.38. The van der Waals surface area contributed by atoms with Gasteiger partial charge in [-0.3, -0.25) is 10.00 Å². The van der Waals surface area contributed by atoms with Crippen LogP contribution in [0.1, 0.15) is 42.8 Å². The SMILES string of the molecule is C[C@H](Oc1ccc2[nH]nc(-c3nc4c([nH]3)CN(CC3CCN(C)CC3)C4)c2c1)c1cc(F)cc(F)c1. The molecule has 2 aliphatic heterocycles. The van der Waals surface area contributed by atoms with Crippen LogP contribution >= 0.6 is 0 Å². The summed E-state index contributed by atoms with van der Waals surface area (Å²) in [6.45, 7) is 6.99. The van der Waals surface area contributed by atoms with Gasteiger partial charge in [0.2, 0.25) is 0 Å². The van der Waals surface area contributed by atoms with Crippen molar-refractivity contribution >= 4 is 10.9 Å². The number of hydrogen-bond donors (Lipinski definition) is 2. The topological polar surface area (TPSA) is 73.1 Å². The summed E-state index contributed by atoms with van der Waals surface area (Å²) in [6, 6.07) is 9.03. The molecule has 2 aromatic carbocycles. The van der Waals surface area contributed by atoms with Crippen LogP contribution in [0.4, 0.5) is 8.78 Å². The molecule has 2 aromatic heterocycles. The lowest BCUT2D eigenvalue weighted by atomic mass is 9.97. The zero-order valence-electron chi connectivity index (χ0n) is 20.5. The van der Waals surface area contributed by atoms with Gasteiger partial charge in [0.25, 0.3) is 0 Å².